The summed E-state index contributed by atoms with van der Waals surface area (Å²) in [6.45, 7) is 2.30. The number of benzene rings is 1. The number of rotatable bonds is 4. The third-order valence-corrected chi connectivity index (χ3v) is 5.07. The maximum absolute atomic E-state index is 12.6. The number of nitrogens with one attached hydrogen (secondary N) is 1. The second kappa shape index (κ2) is 7.62. The van der Waals surface area contributed by atoms with Crippen LogP contribution in [0.2, 0.25) is 0 Å². The van der Waals surface area contributed by atoms with E-state index in [0.717, 1.165) is 48.7 Å². The first-order chi connectivity index (χ1) is 11.3. The van der Waals surface area contributed by atoms with E-state index in [-0.39, 0.29) is 6.03 Å². The van der Waals surface area contributed by atoms with Gasteiger partial charge in [0.25, 0.3) is 0 Å². The lowest BCUT2D eigenvalue weighted by Crippen LogP contribution is -2.43. The van der Waals surface area contributed by atoms with Crippen molar-refractivity contribution in [3.8, 4) is 10.4 Å². The molecule has 122 valence electrons. The molecule has 1 N–H and O–H groups in total. The highest BCUT2D eigenvalue weighted by atomic mass is 32.1. The van der Waals surface area contributed by atoms with Crippen LogP contribution in [0.5, 0.6) is 0 Å². The van der Waals surface area contributed by atoms with Crippen LogP contribution in [0.1, 0.15) is 12.8 Å². The highest BCUT2D eigenvalue weighted by Gasteiger charge is 2.24. The Morgan fingerprint density at radius 2 is 2.22 bits per heavy atom. The molecule has 0 saturated carbocycles. The molecular weight excluding hydrogens is 308 g/mol. The van der Waals surface area contributed by atoms with Gasteiger partial charge in [0.15, 0.2) is 0 Å². The van der Waals surface area contributed by atoms with Crippen molar-refractivity contribution in [3.63, 3.8) is 0 Å². The smallest absolute Gasteiger partial charge is 0.321 e. The molecule has 1 aromatic heterocycles. The lowest BCUT2D eigenvalue weighted by molar-refractivity contribution is 0.104. The van der Waals surface area contributed by atoms with Gasteiger partial charge in [-0.2, -0.15) is 0 Å². The summed E-state index contributed by atoms with van der Waals surface area (Å²) < 4.78 is 5.24. The van der Waals surface area contributed by atoms with Crippen LogP contribution in [0.4, 0.5) is 10.5 Å². The Morgan fingerprint density at radius 1 is 1.35 bits per heavy atom. The van der Waals surface area contributed by atoms with E-state index in [1.807, 2.05) is 40.6 Å². The Hall–Kier alpha value is -1.85. The third kappa shape index (κ3) is 3.92. The number of piperidine rings is 1. The summed E-state index contributed by atoms with van der Waals surface area (Å²) in [4.78, 5) is 15.7. The number of urea groups is 1. The molecule has 1 atom stereocenters. The van der Waals surface area contributed by atoms with E-state index in [1.54, 1.807) is 18.4 Å². The van der Waals surface area contributed by atoms with Crippen molar-refractivity contribution in [3.05, 3.63) is 41.8 Å². The van der Waals surface area contributed by atoms with Gasteiger partial charge in [-0.15, -0.1) is 11.3 Å². The molecule has 1 aliphatic heterocycles. The predicted molar refractivity (Wildman–Crippen MR) is 94.9 cm³/mol. The molecule has 5 heteroatoms. The zero-order chi connectivity index (χ0) is 16.1. The van der Waals surface area contributed by atoms with Crippen LogP contribution in [-0.2, 0) is 4.74 Å². The average molecular weight is 330 g/mol. The number of thiophene rings is 1. The van der Waals surface area contributed by atoms with Gasteiger partial charge >= 0.3 is 6.03 Å². The number of likely N-dealkylation sites (tertiary alicyclic amines) is 1. The fourth-order valence-electron chi connectivity index (χ4n) is 3.05. The van der Waals surface area contributed by atoms with Crippen molar-refractivity contribution in [2.45, 2.75) is 12.8 Å². The van der Waals surface area contributed by atoms with Crippen LogP contribution in [0.15, 0.2) is 41.8 Å². The van der Waals surface area contributed by atoms with Crippen molar-refractivity contribution in [2.24, 2.45) is 5.92 Å². The van der Waals surface area contributed by atoms with Crippen molar-refractivity contribution >= 4 is 23.1 Å². The lowest BCUT2D eigenvalue weighted by atomic mass is 9.99. The summed E-state index contributed by atoms with van der Waals surface area (Å²) in [6, 6.07) is 12.0. The van der Waals surface area contributed by atoms with E-state index in [9.17, 15) is 4.79 Å². The number of para-hydroxylation sites is 1. The predicted octanol–water partition coefficient (Wildman–Crippen LogP) is 4.31. The summed E-state index contributed by atoms with van der Waals surface area (Å²) in [5.41, 5.74) is 1.94. The molecule has 2 heterocycles. The Morgan fingerprint density at radius 3 is 3.00 bits per heavy atom. The van der Waals surface area contributed by atoms with Gasteiger partial charge in [0.05, 0.1) is 12.3 Å². The van der Waals surface area contributed by atoms with Gasteiger partial charge in [-0.1, -0.05) is 24.3 Å². The number of carbonyl (C=O) groups excluding carboxylic acids is 1. The normalized spacial score (nSPS) is 18.0. The highest BCUT2D eigenvalue weighted by Crippen LogP contribution is 2.31. The Balaban J connectivity index is 1.71. The van der Waals surface area contributed by atoms with Gasteiger partial charge in [-0.25, -0.2) is 4.79 Å². The van der Waals surface area contributed by atoms with E-state index in [4.69, 9.17) is 4.74 Å². The molecule has 0 bridgehead atoms. The Bertz CT molecular complexity index is 640. The van der Waals surface area contributed by atoms with Gasteiger partial charge < -0.3 is 15.0 Å². The molecule has 1 fully saturated rings. The van der Waals surface area contributed by atoms with Crippen LogP contribution in [0.3, 0.4) is 0 Å². The summed E-state index contributed by atoms with van der Waals surface area (Å²) in [5.74, 6) is 0.437. The minimum absolute atomic E-state index is 0.0187. The van der Waals surface area contributed by atoms with E-state index < -0.39 is 0 Å². The molecule has 23 heavy (non-hydrogen) atoms. The first-order valence-electron chi connectivity index (χ1n) is 7.95. The maximum Gasteiger partial charge on any atom is 0.321 e. The quantitative estimate of drug-likeness (QED) is 0.908. The van der Waals surface area contributed by atoms with Gasteiger partial charge in [0.1, 0.15) is 0 Å². The van der Waals surface area contributed by atoms with Gasteiger partial charge in [-0.05, 0) is 30.4 Å². The largest absolute Gasteiger partial charge is 0.384 e. The minimum atomic E-state index is -0.0187. The first-order valence-corrected chi connectivity index (χ1v) is 8.83. The van der Waals surface area contributed by atoms with Crippen LogP contribution < -0.4 is 5.32 Å². The molecule has 1 aromatic carbocycles. The Kier molecular flexibility index (Phi) is 5.31. The average Bonchev–Trinajstić information content (AvgIpc) is 3.10. The number of nitrogens with zero attached hydrogens (tertiary/aromatic N) is 1. The van der Waals surface area contributed by atoms with Crippen molar-refractivity contribution in [1.29, 1.82) is 0 Å². The van der Waals surface area contributed by atoms with Crippen LogP contribution in [0.25, 0.3) is 10.4 Å². The fraction of sp³-hybridized carbons (Fsp3) is 0.389. The molecule has 0 spiro atoms. The zero-order valence-corrected chi connectivity index (χ0v) is 14.1. The topological polar surface area (TPSA) is 41.6 Å². The monoisotopic (exact) mass is 330 g/mol. The Labute approximate surface area is 141 Å². The first kappa shape index (κ1) is 16.0. The molecule has 2 amide bonds. The lowest BCUT2D eigenvalue weighted by Gasteiger charge is -2.32. The molecule has 0 radical (unpaired) electrons. The third-order valence-electron chi connectivity index (χ3n) is 4.16. The van der Waals surface area contributed by atoms with Gasteiger partial charge in [-0.3, -0.25) is 0 Å². The molecule has 0 aliphatic carbocycles. The number of carbonyl (C=O) groups is 1. The number of hydrogen-bond acceptors (Lipinski definition) is 3. The van der Waals surface area contributed by atoms with Gasteiger partial charge in [0, 0.05) is 36.6 Å². The second-order valence-electron chi connectivity index (χ2n) is 5.86. The number of ether oxygens (including phenoxy) is 1. The van der Waals surface area contributed by atoms with Crippen molar-refractivity contribution in [1.82, 2.24) is 4.90 Å². The fourth-order valence-corrected chi connectivity index (χ4v) is 3.82. The standard InChI is InChI=1S/C18H22N2O2S/c1-22-13-14-6-4-10-20(12-14)18(21)19-16-8-3-2-7-15(16)17-9-5-11-23-17/h2-3,5,7-9,11,14H,4,6,10,12-13H2,1H3,(H,19,21)/t14-/m0/s1. The summed E-state index contributed by atoms with van der Waals surface area (Å²) in [7, 11) is 1.72. The molecule has 0 unspecified atom stereocenters. The van der Waals surface area contributed by atoms with E-state index in [0.29, 0.717) is 5.92 Å². The summed E-state index contributed by atoms with van der Waals surface area (Å²) in [5, 5.41) is 5.13. The number of anilines is 1. The molecule has 2 aromatic rings. The van der Waals surface area contributed by atoms with Crippen molar-refractivity contribution < 1.29 is 9.53 Å². The van der Waals surface area contributed by atoms with E-state index in [2.05, 4.69) is 11.4 Å². The molecule has 3 rings (SSSR count). The van der Waals surface area contributed by atoms with E-state index in [1.165, 1.54) is 0 Å². The number of hydrogen-bond donors (Lipinski definition) is 1. The summed E-state index contributed by atoms with van der Waals surface area (Å²) in [6.07, 6.45) is 2.16. The molecule has 4 nitrogen and oxygen atoms in total. The maximum atomic E-state index is 12.6. The van der Waals surface area contributed by atoms with Crippen LogP contribution in [-0.4, -0.2) is 37.7 Å². The minimum Gasteiger partial charge on any atom is -0.384 e. The van der Waals surface area contributed by atoms with Crippen LogP contribution in [0, 0.1) is 5.92 Å². The second-order valence-corrected chi connectivity index (χ2v) is 6.81. The SMILES string of the molecule is COC[C@H]1CCCN(C(=O)Nc2ccccc2-c2cccs2)C1. The van der Waals surface area contributed by atoms with Crippen LogP contribution >= 0.6 is 11.3 Å². The molecular formula is C18H22N2O2S. The number of amides is 2. The molecule has 1 aliphatic rings. The molecule has 1 saturated heterocycles. The van der Waals surface area contributed by atoms with E-state index >= 15 is 0 Å². The summed E-state index contributed by atoms with van der Waals surface area (Å²) >= 11 is 1.68. The van der Waals surface area contributed by atoms with Gasteiger partial charge in [0.2, 0.25) is 0 Å². The van der Waals surface area contributed by atoms with Crippen molar-refractivity contribution in [2.75, 3.05) is 32.1 Å². The zero-order valence-electron chi connectivity index (χ0n) is 13.3. The highest BCUT2D eigenvalue weighted by molar-refractivity contribution is 7.13. The number of methoxy groups -OCH3 is 1.